The first-order valence-electron chi connectivity index (χ1n) is 3.44. The van der Waals surface area contributed by atoms with E-state index in [1.54, 1.807) is 12.2 Å². The van der Waals surface area contributed by atoms with Crippen LogP contribution in [0.5, 0.6) is 0 Å². The van der Waals surface area contributed by atoms with Crippen molar-refractivity contribution in [2.75, 3.05) is 7.11 Å². The molecule has 0 aromatic carbocycles. The Hall–Kier alpha value is -1.35. The summed E-state index contributed by atoms with van der Waals surface area (Å²) in [7, 11) is 1.41. The highest BCUT2D eigenvalue weighted by atomic mass is 16.5. The third kappa shape index (κ3) is 2.72. The standard InChI is InChI=1S/C9H13NO2/c1-4-6-7(5-2)8(12-3)9(10)11/h4-6,8H,1-2H2,3H3,(H2,10,11)/b7-6+/t8-/m1/s1. The van der Waals surface area contributed by atoms with Crippen molar-refractivity contribution < 1.29 is 9.53 Å². The van der Waals surface area contributed by atoms with Crippen LogP contribution in [0.15, 0.2) is 37.0 Å². The largest absolute Gasteiger partial charge is 0.367 e. The Bertz CT molecular complexity index is 219. The maximum absolute atomic E-state index is 10.8. The minimum Gasteiger partial charge on any atom is -0.367 e. The molecule has 12 heavy (non-hydrogen) atoms. The Morgan fingerprint density at radius 1 is 1.58 bits per heavy atom. The van der Waals surface area contributed by atoms with E-state index in [4.69, 9.17) is 10.5 Å². The zero-order chi connectivity index (χ0) is 9.56. The van der Waals surface area contributed by atoms with Crippen molar-refractivity contribution in [2.24, 2.45) is 5.73 Å². The number of ether oxygens (including phenoxy) is 1. The molecule has 0 aliphatic heterocycles. The fourth-order valence-electron chi connectivity index (χ4n) is 0.815. The van der Waals surface area contributed by atoms with Crippen LogP contribution >= 0.6 is 0 Å². The smallest absolute Gasteiger partial charge is 0.251 e. The lowest BCUT2D eigenvalue weighted by molar-refractivity contribution is -0.125. The molecule has 0 bridgehead atoms. The molecule has 66 valence electrons. The van der Waals surface area contributed by atoms with Gasteiger partial charge in [-0.05, 0) is 5.57 Å². The van der Waals surface area contributed by atoms with Gasteiger partial charge in [0.2, 0.25) is 0 Å². The van der Waals surface area contributed by atoms with Crippen LogP contribution in [0.2, 0.25) is 0 Å². The van der Waals surface area contributed by atoms with Crippen LogP contribution in [0.3, 0.4) is 0 Å². The van der Waals surface area contributed by atoms with Gasteiger partial charge in [0.15, 0.2) is 6.10 Å². The lowest BCUT2D eigenvalue weighted by Crippen LogP contribution is -2.31. The minimum absolute atomic E-state index is 0.537. The summed E-state index contributed by atoms with van der Waals surface area (Å²) in [5, 5.41) is 0. The van der Waals surface area contributed by atoms with E-state index in [2.05, 4.69) is 13.2 Å². The van der Waals surface area contributed by atoms with Gasteiger partial charge in [0.1, 0.15) is 0 Å². The molecule has 0 radical (unpaired) electrons. The predicted molar refractivity (Wildman–Crippen MR) is 48.5 cm³/mol. The van der Waals surface area contributed by atoms with E-state index >= 15 is 0 Å². The summed E-state index contributed by atoms with van der Waals surface area (Å²) >= 11 is 0. The topological polar surface area (TPSA) is 52.3 Å². The van der Waals surface area contributed by atoms with Gasteiger partial charge < -0.3 is 10.5 Å². The molecule has 1 amide bonds. The highest BCUT2D eigenvalue weighted by Crippen LogP contribution is 2.06. The third-order valence-electron chi connectivity index (χ3n) is 1.34. The first kappa shape index (κ1) is 10.7. The van der Waals surface area contributed by atoms with Crippen molar-refractivity contribution in [3.63, 3.8) is 0 Å². The molecule has 0 aromatic rings. The molecule has 0 saturated heterocycles. The van der Waals surface area contributed by atoms with Crippen molar-refractivity contribution >= 4 is 5.91 Å². The van der Waals surface area contributed by atoms with Crippen LogP contribution < -0.4 is 5.73 Å². The fraction of sp³-hybridized carbons (Fsp3) is 0.222. The number of hydrogen-bond donors (Lipinski definition) is 1. The molecule has 0 heterocycles. The summed E-state index contributed by atoms with van der Waals surface area (Å²) in [4.78, 5) is 10.8. The van der Waals surface area contributed by atoms with Gasteiger partial charge in [0, 0.05) is 7.11 Å². The van der Waals surface area contributed by atoms with E-state index in [0.717, 1.165) is 0 Å². The zero-order valence-electron chi connectivity index (χ0n) is 7.12. The Morgan fingerprint density at radius 2 is 2.17 bits per heavy atom. The van der Waals surface area contributed by atoms with Gasteiger partial charge >= 0.3 is 0 Å². The van der Waals surface area contributed by atoms with Crippen molar-refractivity contribution in [1.82, 2.24) is 0 Å². The molecule has 1 atom stereocenters. The summed E-state index contributed by atoms with van der Waals surface area (Å²) in [6, 6.07) is 0. The second-order valence-electron chi connectivity index (χ2n) is 2.12. The number of nitrogens with two attached hydrogens (primary N) is 1. The van der Waals surface area contributed by atoms with Crippen LogP contribution in [-0.4, -0.2) is 19.1 Å². The van der Waals surface area contributed by atoms with Gasteiger partial charge in [-0.25, -0.2) is 0 Å². The average Bonchev–Trinajstić information content (AvgIpc) is 2.03. The third-order valence-corrected chi connectivity index (χ3v) is 1.34. The summed E-state index contributed by atoms with van der Waals surface area (Å²) in [6.45, 7) is 7.02. The monoisotopic (exact) mass is 167 g/mol. The van der Waals surface area contributed by atoms with E-state index in [9.17, 15) is 4.79 Å². The van der Waals surface area contributed by atoms with E-state index in [1.807, 2.05) is 0 Å². The Balaban J connectivity index is 4.66. The highest BCUT2D eigenvalue weighted by molar-refractivity contribution is 5.83. The van der Waals surface area contributed by atoms with Gasteiger partial charge in [-0.1, -0.05) is 31.4 Å². The number of methoxy groups -OCH3 is 1. The highest BCUT2D eigenvalue weighted by Gasteiger charge is 2.16. The molecule has 0 fully saturated rings. The molecular formula is C9H13NO2. The minimum atomic E-state index is -0.736. The molecule has 0 rings (SSSR count). The summed E-state index contributed by atoms with van der Waals surface area (Å²) in [6.07, 6.45) is 3.96. The van der Waals surface area contributed by atoms with Gasteiger partial charge in [-0.2, -0.15) is 0 Å². The normalized spacial score (nSPS) is 13.6. The molecule has 0 aliphatic rings. The Kier molecular flexibility index (Phi) is 4.72. The lowest BCUT2D eigenvalue weighted by Gasteiger charge is -2.11. The van der Waals surface area contributed by atoms with E-state index in [-0.39, 0.29) is 0 Å². The molecular weight excluding hydrogens is 154 g/mol. The second kappa shape index (κ2) is 5.32. The molecule has 0 aliphatic carbocycles. The van der Waals surface area contributed by atoms with Crippen LogP contribution in [-0.2, 0) is 9.53 Å². The number of primary amides is 1. The molecule has 0 spiro atoms. The second-order valence-corrected chi connectivity index (χ2v) is 2.12. The van der Waals surface area contributed by atoms with Gasteiger partial charge in [0.25, 0.3) is 5.91 Å². The van der Waals surface area contributed by atoms with E-state index < -0.39 is 12.0 Å². The number of amides is 1. The van der Waals surface area contributed by atoms with Crippen LogP contribution in [0.1, 0.15) is 0 Å². The molecule has 3 heteroatoms. The van der Waals surface area contributed by atoms with Crippen LogP contribution in [0.25, 0.3) is 0 Å². The number of carbonyl (C=O) groups is 1. The molecule has 0 saturated carbocycles. The summed E-state index contributed by atoms with van der Waals surface area (Å²) in [5.74, 6) is -0.537. The van der Waals surface area contributed by atoms with Crippen molar-refractivity contribution in [2.45, 2.75) is 6.10 Å². The first-order chi connectivity index (χ1) is 5.67. The van der Waals surface area contributed by atoms with Crippen molar-refractivity contribution in [3.8, 4) is 0 Å². The number of allylic oxidation sites excluding steroid dienone is 2. The average molecular weight is 167 g/mol. The van der Waals surface area contributed by atoms with Gasteiger partial charge in [-0.15, -0.1) is 0 Å². The quantitative estimate of drug-likeness (QED) is 0.615. The van der Waals surface area contributed by atoms with Crippen molar-refractivity contribution in [3.05, 3.63) is 37.0 Å². The first-order valence-corrected chi connectivity index (χ1v) is 3.44. The zero-order valence-corrected chi connectivity index (χ0v) is 7.12. The SMILES string of the molecule is C=C/C=C(\C=C)[C@@H](OC)C(N)=O. The molecule has 2 N–H and O–H groups in total. The summed E-state index contributed by atoms with van der Waals surface area (Å²) < 4.78 is 4.86. The van der Waals surface area contributed by atoms with E-state index in [0.29, 0.717) is 5.57 Å². The molecule has 0 unspecified atom stereocenters. The lowest BCUT2D eigenvalue weighted by atomic mass is 10.1. The van der Waals surface area contributed by atoms with Crippen LogP contribution in [0, 0.1) is 0 Å². The fourth-order valence-corrected chi connectivity index (χ4v) is 0.815. The van der Waals surface area contributed by atoms with Crippen molar-refractivity contribution in [1.29, 1.82) is 0 Å². The predicted octanol–water partition coefficient (Wildman–Crippen LogP) is 0.785. The van der Waals surface area contributed by atoms with Gasteiger partial charge in [-0.3, -0.25) is 4.79 Å². The number of hydrogen-bond acceptors (Lipinski definition) is 2. The summed E-state index contributed by atoms with van der Waals surface area (Å²) in [5.41, 5.74) is 5.68. The molecule has 0 aromatic heterocycles. The maximum atomic E-state index is 10.8. The number of rotatable bonds is 5. The van der Waals surface area contributed by atoms with Gasteiger partial charge in [0.05, 0.1) is 0 Å². The van der Waals surface area contributed by atoms with Crippen LogP contribution in [0.4, 0.5) is 0 Å². The maximum Gasteiger partial charge on any atom is 0.251 e. The Labute approximate surface area is 72.2 Å². The Morgan fingerprint density at radius 3 is 2.42 bits per heavy atom. The molecule has 3 nitrogen and oxygen atoms in total. The number of carbonyl (C=O) groups excluding carboxylic acids is 1. The van der Waals surface area contributed by atoms with E-state index in [1.165, 1.54) is 13.2 Å².